The van der Waals surface area contributed by atoms with Crippen molar-refractivity contribution in [3.63, 3.8) is 0 Å². The quantitative estimate of drug-likeness (QED) is 0.384. The maximum Gasteiger partial charge on any atom is 0.262 e. The van der Waals surface area contributed by atoms with Crippen LogP contribution in [-0.4, -0.2) is 87.4 Å². The van der Waals surface area contributed by atoms with Gasteiger partial charge in [0.05, 0.1) is 16.9 Å². The zero-order valence-corrected chi connectivity index (χ0v) is 22.8. The Morgan fingerprint density at radius 3 is 2.51 bits per heavy atom. The van der Waals surface area contributed by atoms with Crippen LogP contribution in [0.15, 0.2) is 30.0 Å². The van der Waals surface area contributed by atoms with Crippen LogP contribution in [0, 0.1) is 0 Å². The predicted molar refractivity (Wildman–Crippen MR) is 145 cm³/mol. The van der Waals surface area contributed by atoms with Gasteiger partial charge in [0, 0.05) is 56.9 Å². The Bertz CT molecular complexity index is 1210. The van der Waals surface area contributed by atoms with Gasteiger partial charge in [-0.05, 0) is 55.9 Å². The second-order valence-corrected chi connectivity index (χ2v) is 12.5. The van der Waals surface area contributed by atoms with Gasteiger partial charge in [-0.3, -0.25) is 34.3 Å². The van der Waals surface area contributed by atoms with E-state index in [4.69, 9.17) is 10.5 Å². The fourth-order valence-corrected chi connectivity index (χ4v) is 7.31. The number of likely N-dealkylation sites (tertiary alicyclic amines) is 1. The molecule has 208 valence electrons. The number of allylic oxidation sites excluding steroid dienone is 1. The van der Waals surface area contributed by atoms with Crippen molar-refractivity contribution in [2.45, 2.75) is 74.9 Å². The van der Waals surface area contributed by atoms with Crippen LogP contribution in [0.4, 0.5) is 0 Å². The first-order valence-electron chi connectivity index (χ1n) is 14.0. The van der Waals surface area contributed by atoms with Gasteiger partial charge in [-0.2, -0.15) is 0 Å². The molecular formula is C28H35N5O5S. The summed E-state index contributed by atoms with van der Waals surface area (Å²) >= 11 is 1.94. The number of ether oxygens (including phenoxy) is 1. The number of benzene rings is 1. The number of nitrogens with zero attached hydrogens (tertiary/aromatic N) is 3. The van der Waals surface area contributed by atoms with Crippen LogP contribution in [0.3, 0.4) is 0 Å². The molecule has 3 N–H and O–H groups in total. The summed E-state index contributed by atoms with van der Waals surface area (Å²) in [5.74, 6) is -0.822. The number of piperidine rings is 2. The van der Waals surface area contributed by atoms with Crippen molar-refractivity contribution >= 4 is 35.6 Å². The number of fused-ring (bicyclic) bond motifs is 1. The molecule has 0 saturated carbocycles. The van der Waals surface area contributed by atoms with Gasteiger partial charge in [0.25, 0.3) is 11.8 Å². The molecule has 39 heavy (non-hydrogen) atoms. The van der Waals surface area contributed by atoms with E-state index in [-0.39, 0.29) is 24.9 Å². The number of rotatable bonds is 7. The van der Waals surface area contributed by atoms with E-state index in [1.165, 1.54) is 6.42 Å². The van der Waals surface area contributed by atoms with Gasteiger partial charge in [-0.25, -0.2) is 4.31 Å². The molecule has 1 aliphatic carbocycles. The molecule has 2 unspecified atom stereocenters. The molecule has 10 nitrogen and oxygen atoms in total. The summed E-state index contributed by atoms with van der Waals surface area (Å²) in [4.78, 5) is 53.0. The van der Waals surface area contributed by atoms with Crippen LogP contribution < -0.4 is 11.1 Å². The van der Waals surface area contributed by atoms with E-state index in [0.717, 1.165) is 68.1 Å². The maximum absolute atomic E-state index is 13.1. The third-order valence-electron chi connectivity index (χ3n) is 8.22. The van der Waals surface area contributed by atoms with E-state index >= 15 is 0 Å². The van der Waals surface area contributed by atoms with E-state index in [0.29, 0.717) is 29.0 Å². The summed E-state index contributed by atoms with van der Waals surface area (Å²) in [5, 5.41) is 2.69. The van der Waals surface area contributed by atoms with Crippen molar-refractivity contribution in [1.82, 2.24) is 19.4 Å². The number of carbonyl (C=O) groups excluding carboxylic acids is 4. The largest absolute Gasteiger partial charge is 0.492 e. The number of amides is 4. The standard InChI is InChI=1S/C28H35N5O5S/c29-18-8-10-32(11-9-18)39-21-3-1-2-19(13-21)38-20-15-31(16-20)14-17-4-5-22-23(12-17)28(37)33(27(22)36)24-6-7-25(34)30-26(24)35/h4-5,12-13,18,20-21,24H,1-3,6-11,14-16,29H2,(H,30,34,35). The Balaban J connectivity index is 1.01. The SMILES string of the molecule is NC1CCN(SC2C=C(OC3CN(Cc4ccc5c(c4)C(=O)N(C4CCC(=O)NC4=O)C5=O)C3)CCC2)CC1. The van der Waals surface area contributed by atoms with Gasteiger partial charge in [-0.1, -0.05) is 18.0 Å². The van der Waals surface area contributed by atoms with Gasteiger partial charge >= 0.3 is 0 Å². The molecule has 1 aromatic carbocycles. The highest BCUT2D eigenvalue weighted by Crippen LogP contribution is 2.33. The summed E-state index contributed by atoms with van der Waals surface area (Å²) in [5.41, 5.74) is 7.61. The summed E-state index contributed by atoms with van der Waals surface area (Å²) in [6, 6.07) is 4.69. The third kappa shape index (κ3) is 5.63. The van der Waals surface area contributed by atoms with E-state index in [1.807, 2.05) is 18.0 Å². The molecule has 3 saturated heterocycles. The molecular weight excluding hydrogens is 518 g/mol. The van der Waals surface area contributed by atoms with Crippen molar-refractivity contribution in [2.75, 3.05) is 26.2 Å². The van der Waals surface area contributed by atoms with Crippen LogP contribution in [0.2, 0.25) is 0 Å². The van der Waals surface area contributed by atoms with E-state index < -0.39 is 23.8 Å². The summed E-state index contributed by atoms with van der Waals surface area (Å²) in [6.45, 7) is 4.39. The molecule has 6 rings (SSSR count). The monoisotopic (exact) mass is 553 g/mol. The van der Waals surface area contributed by atoms with Crippen LogP contribution >= 0.6 is 11.9 Å². The summed E-state index contributed by atoms with van der Waals surface area (Å²) in [7, 11) is 0. The highest BCUT2D eigenvalue weighted by Gasteiger charge is 2.44. The Kier molecular flexibility index (Phi) is 7.49. The van der Waals surface area contributed by atoms with Crippen LogP contribution in [-0.2, 0) is 20.9 Å². The van der Waals surface area contributed by atoms with E-state index in [9.17, 15) is 19.2 Å². The van der Waals surface area contributed by atoms with Gasteiger partial charge in [0.15, 0.2) is 0 Å². The van der Waals surface area contributed by atoms with Crippen molar-refractivity contribution < 1.29 is 23.9 Å². The summed E-state index contributed by atoms with van der Waals surface area (Å²) in [6.07, 6.45) is 8.18. The molecule has 2 atom stereocenters. The molecule has 0 bridgehead atoms. The first-order valence-corrected chi connectivity index (χ1v) is 14.8. The Morgan fingerprint density at radius 2 is 1.74 bits per heavy atom. The predicted octanol–water partition coefficient (Wildman–Crippen LogP) is 1.80. The van der Waals surface area contributed by atoms with Crippen molar-refractivity contribution in [3.8, 4) is 0 Å². The lowest BCUT2D eigenvalue weighted by Crippen LogP contribution is -2.54. The smallest absolute Gasteiger partial charge is 0.262 e. The molecule has 4 amide bonds. The van der Waals surface area contributed by atoms with Crippen LogP contribution in [0.1, 0.15) is 71.2 Å². The Hall–Kier alpha value is -2.73. The second kappa shape index (κ2) is 11.0. The number of hydrogen-bond acceptors (Lipinski definition) is 9. The number of nitrogens with one attached hydrogen (secondary N) is 1. The van der Waals surface area contributed by atoms with Gasteiger partial charge < -0.3 is 10.5 Å². The maximum atomic E-state index is 13.1. The van der Waals surface area contributed by atoms with Crippen LogP contribution in [0.5, 0.6) is 0 Å². The lowest BCUT2D eigenvalue weighted by Gasteiger charge is -2.40. The lowest BCUT2D eigenvalue weighted by molar-refractivity contribution is -0.136. The first kappa shape index (κ1) is 26.5. The average molecular weight is 554 g/mol. The summed E-state index contributed by atoms with van der Waals surface area (Å²) < 4.78 is 8.79. The Labute approximate surface area is 232 Å². The van der Waals surface area contributed by atoms with Gasteiger partial charge in [0.2, 0.25) is 11.8 Å². The van der Waals surface area contributed by atoms with Gasteiger partial charge in [-0.15, -0.1) is 0 Å². The topological polar surface area (TPSA) is 125 Å². The highest BCUT2D eigenvalue weighted by atomic mass is 32.2. The molecule has 4 aliphatic heterocycles. The minimum absolute atomic E-state index is 0.108. The van der Waals surface area contributed by atoms with Gasteiger partial charge in [0.1, 0.15) is 12.1 Å². The zero-order valence-electron chi connectivity index (χ0n) is 22.0. The number of nitrogens with two attached hydrogens (primary N) is 1. The normalized spacial score (nSPS) is 27.3. The molecule has 11 heteroatoms. The second-order valence-electron chi connectivity index (χ2n) is 11.2. The molecule has 0 aromatic heterocycles. The molecule has 3 fully saturated rings. The minimum atomic E-state index is -0.947. The van der Waals surface area contributed by atoms with E-state index in [2.05, 4.69) is 20.6 Å². The fourth-order valence-electron chi connectivity index (χ4n) is 6.02. The number of hydrogen-bond donors (Lipinski definition) is 2. The molecule has 1 aromatic rings. The highest BCUT2D eigenvalue weighted by molar-refractivity contribution is 7.97. The fraction of sp³-hybridized carbons (Fsp3) is 0.571. The molecule has 5 aliphatic rings. The molecule has 0 radical (unpaired) electrons. The third-order valence-corrected chi connectivity index (χ3v) is 9.52. The first-order chi connectivity index (χ1) is 18.8. The lowest BCUT2D eigenvalue weighted by atomic mass is 10.0. The van der Waals surface area contributed by atoms with Crippen molar-refractivity contribution in [1.29, 1.82) is 0 Å². The van der Waals surface area contributed by atoms with Crippen LogP contribution in [0.25, 0.3) is 0 Å². The number of imide groups is 2. The van der Waals surface area contributed by atoms with Crippen molar-refractivity contribution in [2.24, 2.45) is 5.73 Å². The average Bonchev–Trinajstić information content (AvgIpc) is 3.14. The van der Waals surface area contributed by atoms with Crippen molar-refractivity contribution in [3.05, 3.63) is 46.7 Å². The minimum Gasteiger partial charge on any atom is -0.492 e. The Morgan fingerprint density at radius 1 is 0.974 bits per heavy atom. The van der Waals surface area contributed by atoms with E-state index in [1.54, 1.807) is 12.1 Å². The molecule has 0 spiro atoms. The zero-order chi connectivity index (χ0) is 27.1. The number of carbonyl (C=O) groups is 4. The molecule has 4 heterocycles.